The smallest absolute Gasteiger partial charge is 0.222 e. The fraction of sp³-hybridized carbons (Fsp3) is 0.667. The van der Waals surface area contributed by atoms with Gasteiger partial charge in [0.05, 0.1) is 12.3 Å². The number of aromatic nitrogens is 2. The van der Waals surface area contributed by atoms with E-state index in [1.54, 1.807) is 0 Å². The Balaban J connectivity index is 1.95. The van der Waals surface area contributed by atoms with Crippen molar-refractivity contribution in [3.05, 3.63) is 11.3 Å². The van der Waals surface area contributed by atoms with Crippen LogP contribution >= 0.6 is 12.2 Å². The van der Waals surface area contributed by atoms with Crippen molar-refractivity contribution in [2.75, 3.05) is 13.2 Å². The number of nitrogens with zero attached hydrogens (tertiary/aromatic N) is 2. The van der Waals surface area contributed by atoms with Crippen molar-refractivity contribution in [1.82, 2.24) is 9.78 Å². The Morgan fingerprint density at radius 1 is 1.67 bits per heavy atom. The molecule has 1 aromatic heterocycles. The molecule has 6 heteroatoms. The highest BCUT2D eigenvalue weighted by Gasteiger charge is 2.30. The zero-order valence-electron chi connectivity index (χ0n) is 10.8. The molecule has 0 bridgehead atoms. The number of thiocarbonyl (C=S) groups is 1. The lowest BCUT2D eigenvalue weighted by atomic mass is 10.1. The van der Waals surface area contributed by atoms with Gasteiger partial charge in [0.15, 0.2) is 5.11 Å². The number of ether oxygens (including phenoxy) is 2. The summed E-state index contributed by atoms with van der Waals surface area (Å²) in [6.45, 7) is 5.47. The lowest BCUT2D eigenvalue weighted by Gasteiger charge is -2.12. The standard InChI is InChI=1S/C12H19N3O2S/c1-3-4-5-16-7-9-6-10-8(2)14-15(12(13)18)11(10)17-9/h9H,3-7H2,1-2H3,(H2,13,18). The monoisotopic (exact) mass is 269 g/mol. The minimum atomic E-state index is 0.0501. The molecule has 1 unspecified atom stereocenters. The van der Waals surface area contributed by atoms with E-state index in [1.165, 1.54) is 4.68 Å². The Kier molecular flexibility index (Phi) is 4.19. The summed E-state index contributed by atoms with van der Waals surface area (Å²) >= 11 is 4.94. The topological polar surface area (TPSA) is 62.3 Å². The van der Waals surface area contributed by atoms with Gasteiger partial charge in [-0.3, -0.25) is 0 Å². The van der Waals surface area contributed by atoms with E-state index in [0.29, 0.717) is 12.5 Å². The van der Waals surface area contributed by atoms with Crippen molar-refractivity contribution < 1.29 is 9.47 Å². The maximum Gasteiger partial charge on any atom is 0.222 e. The van der Waals surface area contributed by atoms with Crippen LogP contribution in [0.15, 0.2) is 0 Å². The first kappa shape index (κ1) is 13.3. The summed E-state index contributed by atoms with van der Waals surface area (Å²) in [5.74, 6) is 0.684. The Morgan fingerprint density at radius 3 is 3.11 bits per heavy atom. The van der Waals surface area contributed by atoms with Gasteiger partial charge < -0.3 is 15.2 Å². The molecule has 1 aliphatic rings. The van der Waals surface area contributed by atoms with Crippen LogP contribution in [0.3, 0.4) is 0 Å². The second-order valence-electron chi connectivity index (χ2n) is 4.49. The van der Waals surface area contributed by atoms with Crippen LogP contribution in [0.1, 0.15) is 31.0 Å². The predicted octanol–water partition coefficient (Wildman–Crippen LogP) is 1.40. The Hall–Kier alpha value is -1.14. The molecule has 100 valence electrons. The molecule has 1 aliphatic heterocycles. The van der Waals surface area contributed by atoms with Gasteiger partial charge in [-0.15, -0.1) is 0 Å². The molecule has 0 saturated carbocycles. The van der Waals surface area contributed by atoms with Gasteiger partial charge in [-0.05, 0) is 25.6 Å². The lowest BCUT2D eigenvalue weighted by Crippen LogP contribution is -2.25. The maximum absolute atomic E-state index is 5.81. The Labute approximate surface area is 112 Å². The van der Waals surface area contributed by atoms with E-state index in [2.05, 4.69) is 12.0 Å². The fourth-order valence-corrected chi connectivity index (χ4v) is 2.15. The molecule has 1 atom stereocenters. The summed E-state index contributed by atoms with van der Waals surface area (Å²) in [5, 5.41) is 4.48. The van der Waals surface area contributed by atoms with E-state index < -0.39 is 0 Å². The van der Waals surface area contributed by atoms with Crippen molar-refractivity contribution in [2.24, 2.45) is 5.73 Å². The van der Waals surface area contributed by atoms with E-state index >= 15 is 0 Å². The summed E-state index contributed by atoms with van der Waals surface area (Å²) in [5.41, 5.74) is 7.62. The average Bonchev–Trinajstić information content (AvgIpc) is 2.86. The van der Waals surface area contributed by atoms with Gasteiger partial charge in [0, 0.05) is 18.6 Å². The number of nitrogens with two attached hydrogens (primary N) is 1. The summed E-state index contributed by atoms with van der Waals surface area (Å²) < 4.78 is 12.9. The highest BCUT2D eigenvalue weighted by atomic mass is 32.1. The van der Waals surface area contributed by atoms with Crippen LogP contribution < -0.4 is 10.5 Å². The van der Waals surface area contributed by atoms with Gasteiger partial charge in [-0.25, -0.2) is 0 Å². The third kappa shape index (κ3) is 2.64. The fourth-order valence-electron chi connectivity index (χ4n) is 2.03. The Morgan fingerprint density at radius 2 is 2.44 bits per heavy atom. The first-order chi connectivity index (χ1) is 8.63. The van der Waals surface area contributed by atoms with Crippen LogP contribution in [0.4, 0.5) is 0 Å². The number of rotatable bonds is 5. The molecule has 2 heterocycles. The van der Waals surface area contributed by atoms with Crippen molar-refractivity contribution in [2.45, 2.75) is 39.2 Å². The number of hydrogen-bond donors (Lipinski definition) is 1. The van der Waals surface area contributed by atoms with Crippen LogP contribution in [0.5, 0.6) is 5.88 Å². The minimum absolute atomic E-state index is 0.0501. The van der Waals surface area contributed by atoms with Crippen molar-refractivity contribution in [3.8, 4) is 5.88 Å². The molecule has 0 aliphatic carbocycles. The van der Waals surface area contributed by atoms with Crippen LogP contribution in [0.2, 0.25) is 0 Å². The number of unbranched alkanes of at least 4 members (excludes halogenated alkanes) is 1. The first-order valence-corrected chi connectivity index (χ1v) is 6.67. The van der Waals surface area contributed by atoms with Gasteiger partial charge in [-0.2, -0.15) is 9.78 Å². The molecule has 0 fully saturated rings. The molecule has 0 aromatic carbocycles. The molecule has 0 radical (unpaired) electrons. The van der Waals surface area contributed by atoms with Crippen molar-refractivity contribution >= 4 is 17.3 Å². The molecule has 2 N–H and O–H groups in total. The largest absolute Gasteiger partial charge is 0.471 e. The van der Waals surface area contributed by atoms with Gasteiger partial charge in [-0.1, -0.05) is 13.3 Å². The molecular weight excluding hydrogens is 250 g/mol. The third-order valence-corrected chi connectivity index (χ3v) is 3.18. The number of fused-ring (bicyclic) bond motifs is 1. The minimum Gasteiger partial charge on any atom is -0.471 e. The molecule has 5 nitrogen and oxygen atoms in total. The highest BCUT2D eigenvalue weighted by molar-refractivity contribution is 7.80. The van der Waals surface area contributed by atoms with Crippen molar-refractivity contribution in [3.63, 3.8) is 0 Å². The summed E-state index contributed by atoms with van der Waals surface area (Å²) in [7, 11) is 0. The molecule has 0 amide bonds. The molecule has 0 saturated heterocycles. The van der Waals surface area contributed by atoms with Crippen molar-refractivity contribution in [1.29, 1.82) is 0 Å². The summed E-state index contributed by atoms with van der Waals surface area (Å²) in [6, 6.07) is 0. The zero-order chi connectivity index (χ0) is 13.1. The summed E-state index contributed by atoms with van der Waals surface area (Å²) in [4.78, 5) is 0. The van der Waals surface area contributed by atoms with Gasteiger partial charge >= 0.3 is 0 Å². The second kappa shape index (κ2) is 5.67. The van der Waals surface area contributed by atoms with E-state index in [1.807, 2.05) is 6.92 Å². The molecule has 1 aromatic rings. The SMILES string of the molecule is CCCCOCC1Cc2c(C)nn(C(N)=S)c2O1. The third-order valence-electron chi connectivity index (χ3n) is 3.00. The summed E-state index contributed by atoms with van der Waals surface area (Å²) in [6.07, 6.45) is 3.09. The molecule has 2 rings (SSSR count). The normalized spacial score (nSPS) is 17.6. The predicted molar refractivity (Wildman–Crippen MR) is 73.0 cm³/mol. The Bertz CT molecular complexity index is 445. The second-order valence-corrected chi connectivity index (χ2v) is 4.91. The molecular formula is C12H19N3O2S. The zero-order valence-corrected chi connectivity index (χ0v) is 11.6. The van der Waals surface area contributed by atoms with E-state index in [9.17, 15) is 0 Å². The maximum atomic E-state index is 5.81. The van der Waals surface area contributed by atoms with E-state index in [-0.39, 0.29) is 11.2 Å². The van der Waals surface area contributed by atoms with Crippen LogP contribution in [-0.2, 0) is 11.2 Å². The van der Waals surface area contributed by atoms with Gasteiger partial charge in [0.2, 0.25) is 5.88 Å². The van der Waals surface area contributed by atoms with Crippen LogP contribution in [-0.4, -0.2) is 34.2 Å². The lowest BCUT2D eigenvalue weighted by molar-refractivity contribution is 0.0562. The molecule has 18 heavy (non-hydrogen) atoms. The number of hydrogen-bond acceptors (Lipinski definition) is 4. The molecule has 0 spiro atoms. The van der Waals surface area contributed by atoms with Gasteiger partial charge in [0.1, 0.15) is 6.10 Å². The number of aryl methyl sites for hydroxylation is 1. The van der Waals surface area contributed by atoms with E-state index in [4.69, 9.17) is 27.4 Å². The van der Waals surface area contributed by atoms with Crippen LogP contribution in [0, 0.1) is 6.92 Å². The van der Waals surface area contributed by atoms with Crippen LogP contribution in [0.25, 0.3) is 0 Å². The van der Waals surface area contributed by atoms with E-state index in [0.717, 1.165) is 37.1 Å². The first-order valence-electron chi connectivity index (χ1n) is 6.26. The highest BCUT2D eigenvalue weighted by Crippen LogP contribution is 2.31. The van der Waals surface area contributed by atoms with Gasteiger partial charge in [0.25, 0.3) is 0 Å². The average molecular weight is 269 g/mol. The quantitative estimate of drug-likeness (QED) is 0.647.